The second-order valence-corrected chi connectivity index (χ2v) is 2.09. The fraction of sp³-hybridized carbons (Fsp3) is 1.00. The van der Waals surface area contributed by atoms with Crippen LogP contribution in [0, 0.1) is 0 Å². The zero-order valence-corrected chi connectivity index (χ0v) is 4.86. The van der Waals surface area contributed by atoms with Gasteiger partial charge in [-0.1, -0.05) is 0 Å². The van der Waals surface area contributed by atoms with Crippen molar-refractivity contribution in [2.45, 2.75) is 19.0 Å². The second-order valence-electron chi connectivity index (χ2n) is 2.09. The number of rotatable bonds is 2. The van der Waals surface area contributed by atoms with Crippen LogP contribution in [0.3, 0.4) is 0 Å². The van der Waals surface area contributed by atoms with Gasteiger partial charge in [-0.3, -0.25) is 0 Å². The van der Waals surface area contributed by atoms with Gasteiger partial charge in [-0.05, 0) is 14.0 Å². The molecule has 0 radical (unpaired) electrons. The smallest absolute Gasteiger partial charge is 0.0344 e. The molecule has 1 aliphatic heterocycles. The molecule has 0 aromatic carbocycles. The van der Waals surface area contributed by atoms with Crippen molar-refractivity contribution in [1.82, 2.24) is 10.6 Å². The third-order valence-corrected chi connectivity index (χ3v) is 1.50. The maximum atomic E-state index is 3.22. The predicted molar refractivity (Wildman–Crippen MR) is 30.3 cm³/mol. The Morgan fingerprint density at radius 3 is 2.57 bits per heavy atom. The van der Waals surface area contributed by atoms with E-state index in [0.29, 0.717) is 6.04 Å². The molecular weight excluding hydrogens is 88.1 g/mol. The van der Waals surface area contributed by atoms with Crippen molar-refractivity contribution in [1.29, 1.82) is 0 Å². The maximum Gasteiger partial charge on any atom is 0.0344 e. The van der Waals surface area contributed by atoms with E-state index in [-0.39, 0.29) is 0 Å². The Morgan fingerprint density at radius 2 is 2.43 bits per heavy atom. The van der Waals surface area contributed by atoms with Crippen LogP contribution in [0.25, 0.3) is 0 Å². The first-order valence-corrected chi connectivity index (χ1v) is 2.75. The minimum atomic E-state index is 0.653. The van der Waals surface area contributed by atoms with Crippen molar-refractivity contribution in [3.63, 3.8) is 0 Å². The Labute approximate surface area is 44.3 Å². The Bertz CT molecular complexity index is 59.1. The Kier molecular flexibility index (Phi) is 1.30. The van der Waals surface area contributed by atoms with Gasteiger partial charge in [-0.2, -0.15) is 0 Å². The van der Waals surface area contributed by atoms with Gasteiger partial charge in [-0.15, -0.1) is 0 Å². The fourth-order valence-electron chi connectivity index (χ4n) is 0.623. The lowest BCUT2D eigenvalue weighted by Gasteiger charge is -2.03. The van der Waals surface area contributed by atoms with E-state index in [2.05, 4.69) is 17.6 Å². The normalized spacial score (nSPS) is 32.6. The van der Waals surface area contributed by atoms with E-state index in [0.717, 1.165) is 6.04 Å². The molecule has 0 bridgehead atoms. The van der Waals surface area contributed by atoms with Gasteiger partial charge < -0.3 is 10.6 Å². The first-order valence-electron chi connectivity index (χ1n) is 2.75. The SMILES string of the molecule is CN[C@@H](C)C1CN1. The molecule has 0 aromatic rings. The molecule has 0 amide bonds. The standard InChI is InChI=1S/C5H12N2/c1-4(6-2)5-3-7-5/h4-7H,3H2,1-2H3/t4-,5?/m0/s1. The predicted octanol–water partition coefficient (Wildman–Crippen LogP) is -0.434. The van der Waals surface area contributed by atoms with Crippen molar-refractivity contribution >= 4 is 0 Å². The van der Waals surface area contributed by atoms with Gasteiger partial charge in [0.15, 0.2) is 0 Å². The van der Waals surface area contributed by atoms with Crippen LogP contribution in [0.2, 0.25) is 0 Å². The highest BCUT2D eigenvalue weighted by atomic mass is 15.1. The summed E-state index contributed by atoms with van der Waals surface area (Å²) >= 11 is 0. The molecule has 1 fully saturated rings. The summed E-state index contributed by atoms with van der Waals surface area (Å²) in [5.41, 5.74) is 0. The fourth-order valence-corrected chi connectivity index (χ4v) is 0.623. The van der Waals surface area contributed by atoms with Gasteiger partial charge in [0.25, 0.3) is 0 Å². The molecule has 2 nitrogen and oxygen atoms in total. The van der Waals surface area contributed by atoms with Crippen LogP contribution in [0.1, 0.15) is 6.92 Å². The van der Waals surface area contributed by atoms with Gasteiger partial charge >= 0.3 is 0 Å². The monoisotopic (exact) mass is 100 g/mol. The van der Waals surface area contributed by atoms with E-state index in [9.17, 15) is 0 Å². The van der Waals surface area contributed by atoms with Crippen LogP contribution in [-0.4, -0.2) is 25.7 Å². The van der Waals surface area contributed by atoms with Crippen molar-refractivity contribution in [3.8, 4) is 0 Å². The van der Waals surface area contributed by atoms with Crippen LogP contribution in [0.4, 0.5) is 0 Å². The molecule has 2 atom stereocenters. The largest absolute Gasteiger partial charge is 0.316 e. The lowest BCUT2D eigenvalue weighted by atomic mass is 10.3. The molecule has 7 heavy (non-hydrogen) atoms. The summed E-state index contributed by atoms with van der Waals surface area (Å²) in [5, 5.41) is 6.39. The van der Waals surface area contributed by atoms with Gasteiger partial charge in [0.2, 0.25) is 0 Å². The van der Waals surface area contributed by atoms with E-state index in [1.54, 1.807) is 0 Å². The zero-order chi connectivity index (χ0) is 5.28. The first-order chi connectivity index (χ1) is 3.34. The summed E-state index contributed by atoms with van der Waals surface area (Å²) in [6.07, 6.45) is 0. The van der Waals surface area contributed by atoms with Crippen LogP contribution in [0.5, 0.6) is 0 Å². The molecule has 0 aromatic heterocycles. The highest BCUT2D eigenvalue weighted by molar-refractivity contribution is 4.91. The third kappa shape index (κ3) is 1.14. The zero-order valence-electron chi connectivity index (χ0n) is 4.86. The molecule has 2 heteroatoms. The number of hydrogen-bond acceptors (Lipinski definition) is 2. The van der Waals surface area contributed by atoms with Crippen molar-refractivity contribution in [3.05, 3.63) is 0 Å². The molecule has 0 aliphatic carbocycles. The molecule has 2 N–H and O–H groups in total. The molecule has 1 aliphatic rings. The van der Waals surface area contributed by atoms with E-state index in [1.165, 1.54) is 6.54 Å². The summed E-state index contributed by atoms with van der Waals surface area (Å²) in [5.74, 6) is 0. The van der Waals surface area contributed by atoms with Gasteiger partial charge in [0.05, 0.1) is 0 Å². The number of nitrogens with one attached hydrogen (secondary N) is 2. The topological polar surface area (TPSA) is 34.0 Å². The van der Waals surface area contributed by atoms with Crippen LogP contribution < -0.4 is 10.6 Å². The highest BCUT2D eigenvalue weighted by Gasteiger charge is 2.24. The molecule has 1 heterocycles. The van der Waals surface area contributed by atoms with Crippen molar-refractivity contribution < 1.29 is 0 Å². The molecule has 42 valence electrons. The van der Waals surface area contributed by atoms with Crippen molar-refractivity contribution in [2.24, 2.45) is 0 Å². The number of likely N-dealkylation sites (N-methyl/N-ethyl adjacent to an activating group) is 1. The molecule has 0 saturated carbocycles. The second kappa shape index (κ2) is 1.80. The summed E-state index contributed by atoms with van der Waals surface area (Å²) in [7, 11) is 1.99. The molecule has 1 saturated heterocycles. The molecule has 0 spiro atoms. The highest BCUT2D eigenvalue weighted by Crippen LogP contribution is 2.00. The summed E-state index contributed by atoms with van der Waals surface area (Å²) in [4.78, 5) is 0. The van der Waals surface area contributed by atoms with E-state index >= 15 is 0 Å². The summed E-state index contributed by atoms with van der Waals surface area (Å²) < 4.78 is 0. The maximum absolute atomic E-state index is 3.22. The van der Waals surface area contributed by atoms with Crippen molar-refractivity contribution in [2.75, 3.05) is 13.6 Å². The molecular formula is C5H12N2. The van der Waals surface area contributed by atoms with Crippen LogP contribution >= 0.6 is 0 Å². The lowest BCUT2D eigenvalue weighted by Crippen LogP contribution is -2.28. The quantitative estimate of drug-likeness (QED) is 0.461. The Morgan fingerprint density at radius 1 is 1.86 bits per heavy atom. The minimum absolute atomic E-state index is 0.653. The van der Waals surface area contributed by atoms with Gasteiger partial charge in [0.1, 0.15) is 0 Å². The average Bonchev–Trinajstić information content (AvgIpc) is 2.44. The summed E-state index contributed by atoms with van der Waals surface area (Å²) in [6, 6.07) is 1.41. The lowest BCUT2D eigenvalue weighted by molar-refractivity contribution is 0.599. The minimum Gasteiger partial charge on any atom is -0.316 e. The number of hydrogen-bond donors (Lipinski definition) is 2. The van der Waals surface area contributed by atoms with Gasteiger partial charge in [0, 0.05) is 18.6 Å². The molecule has 1 rings (SSSR count). The first kappa shape index (κ1) is 5.06. The van der Waals surface area contributed by atoms with E-state index < -0.39 is 0 Å². The van der Waals surface area contributed by atoms with Crippen LogP contribution in [-0.2, 0) is 0 Å². The van der Waals surface area contributed by atoms with E-state index in [4.69, 9.17) is 0 Å². The average molecular weight is 100 g/mol. The molecule has 1 unspecified atom stereocenters. The Balaban J connectivity index is 2.10. The van der Waals surface area contributed by atoms with Crippen LogP contribution in [0.15, 0.2) is 0 Å². The van der Waals surface area contributed by atoms with Gasteiger partial charge in [-0.25, -0.2) is 0 Å². The third-order valence-electron chi connectivity index (χ3n) is 1.50. The summed E-state index contributed by atoms with van der Waals surface area (Å²) in [6.45, 7) is 3.38. The van der Waals surface area contributed by atoms with E-state index in [1.807, 2.05) is 7.05 Å². The Hall–Kier alpha value is -0.0800.